The van der Waals surface area contributed by atoms with Gasteiger partial charge in [0, 0.05) is 28.8 Å². The number of benzene rings is 1. The van der Waals surface area contributed by atoms with Crippen molar-refractivity contribution in [2.45, 2.75) is 13.0 Å². The predicted octanol–water partition coefficient (Wildman–Crippen LogP) is 2.63. The Hall–Kier alpha value is -3.11. The number of nitrogens with zero attached hydrogens (tertiary/aromatic N) is 3. The van der Waals surface area contributed by atoms with Crippen LogP contribution in [0.15, 0.2) is 47.2 Å². The molecule has 3 aromatic heterocycles. The minimum Gasteiger partial charge on any atom is -0.347 e. The second kappa shape index (κ2) is 8.50. The number of fused-ring (bicyclic) bond motifs is 1. The van der Waals surface area contributed by atoms with Crippen molar-refractivity contribution in [1.29, 1.82) is 0 Å². The summed E-state index contributed by atoms with van der Waals surface area (Å²) in [6.45, 7) is 0.614. The molecule has 0 fully saturated rings. The summed E-state index contributed by atoms with van der Waals surface area (Å²) < 4.78 is 15.1. The first-order chi connectivity index (χ1) is 14.1. The summed E-state index contributed by atoms with van der Waals surface area (Å²) in [5.41, 5.74) is 1.45. The predicted molar refractivity (Wildman–Crippen MR) is 109 cm³/mol. The highest BCUT2D eigenvalue weighted by atomic mass is 32.1. The van der Waals surface area contributed by atoms with Gasteiger partial charge in [-0.05, 0) is 23.6 Å². The summed E-state index contributed by atoms with van der Waals surface area (Å²) in [6, 6.07) is 9.89. The zero-order valence-electron chi connectivity index (χ0n) is 15.1. The van der Waals surface area contributed by atoms with Crippen LogP contribution >= 0.6 is 22.7 Å². The molecule has 0 atom stereocenters. The Kier molecular flexibility index (Phi) is 5.63. The molecule has 29 heavy (non-hydrogen) atoms. The molecule has 0 aliphatic heterocycles. The van der Waals surface area contributed by atoms with Crippen LogP contribution in [0, 0.1) is 5.82 Å². The quantitative estimate of drug-likeness (QED) is 0.461. The summed E-state index contributed by atoms with van der Waals surface area (Å²) in [4.78, 5) is 29.9. The average molecular weight is 430 g/mol. The van der Waals surface area contributed by atoms with Crippen LogP contribution in [0.5, 0.6) is 0 Å². The number of thiophene rings is 1. The first kappa shape index (κ1) is 19.2. The van der Waals surface area contributed by atoms with E-state index in [4.69, 9.17) is 0 Å². The lowest BCUT2D eigenvalue weighted by molar-refractivity contribution is -0.139. The molecule has 0 saturated heterocycles. The molecule has 0 radical (unpaired) electrons. The molecule has 3 heterocycles. The molecule has 0 spiro atoms. The van der Waals surface area contributed by atoms with Gasteiger partial charge >= 0.3 is 11.8 Å². The van der Waals surface area contributed by atoms with Crippen LogP contribution in [0.2, 0.25) is 0 Å². The maximum absolute atomic E-state index is 13.4. The van der Waals surface area contributed by atoms with Crippen LogP contribution < -0.4 is 10.6 Å². The van der Waals surface area contributed by atoms with Gasteiger partial charge in [-0.1, -0.05) is 18.2 Å². The number of thiazole rings is 1. The number of hydrogen-bond donors (Lipinski definition) is 2. The zero-order valence-corrected chi connectivity index (χ0v) is 16.7. The Morgan fingerprint density at radius 1 is 1.10 bits per heavy atom. The van der Waals surface area contributed by atoms with Gasteiger partial charge in [-0.2, -0.15) is 4.98 Å². The third-order valence-corrected chi connectivity index (χ3v) is 5.85. The minimum absolute atomic E-state index is 0.284. The largest absolute Gasteiger partial charge is 0.347 e. The van der Waals surface area contributed by atoms with E-state index in [-0.39, 0.29) is 12.4 Å². The fourth-order valence-corrected chi connectivity index (χ4v) is 4.19. The Labute approximate surface area is 173 Å². The van der Waals surface area contributed by atoms with Crippen molar-refractivity contribution in [2.75, 3.05) is 6.54 Å². The van der Waals surface area contributed by atoms with Gasteiger partial charge in [0.25, 0.3) is 0 Å². The topological polar surface area (TPSA) is 88.4 Å². The molecule has 0 aliphatic rings. The number of aromatic nitrogens is 3. The van der Waals surface area contributed by atoms with E-state index < -0.39 is 11.8 Å². The number of nitrogens with one attached hydrogen (secondary N) is 2. The van der Waals surface area contributed by atoms with E-state index in [1.54, 1.807) is 16.6 Å². The molecular formula is C19H16FN5O2S2. The fourth-order valence-electron chi connectivity index (χ4n) is 2.69. The SMILES string of the molecule is O=C(NCCc1csc2nc(-c3cccc(F)c3)nn12)C(=O)NCc1cccs1. The zero-order chi connectivity index (χ0) is 20.2. The summed E-state index contributed by atoms with van der Waals surface area (Å²) in [7, 11) is 0. The van der Waals surface area contributed by atoms with Crippen LogP contribution in [0.1, 0.15) is 10.6 Å². The smallest absolute Gasteiger partial charge is 0.309 e. The van der Waals surface area contributed by atoms with Gasteiger partial charge in [0.15, 0.2) is 5.82 Å². The van der Waals surface area contributed by atoms with Gasteiger partial charge in [0.1, 0.15) is 5.82 Å². The van der Waals surface area contributed by atoms with Gasteiger partial charge in [-0.3, -0.25) is 9.59 Å². The van der Waals surface area contributed by atoms with Crippen LogP contribution in [0.25, 0.3) is 16.3 Å². The Bertz CT molecular complexity index is 1150. The molecule has 0 bridgehead atoms. The minimum atomic E-state index is -0.674. The highest BCUT2D eigenvalue weighted by Crippen LogP contribution is 2.21. The van der Waals surface area contributed by atoms with Crippen molar-refractivity contribution < 1.29 is 14.0 Å². The molecular weight excluding hydrogens is 413 g/mol. The van der Waals surface area contributed by atoms with Gasteiger partial charge in [-0.25, -0.2) is 8.91 Å². The summed E-state index contributed by atoms with van der Waals surface area (Å²) >= 11 is 2.92. The van der Waals surface area contributed by atoms with E-state index in [2.05, 4.69) is 20.7 Å². The Balaban J connectivity index is 1.33. The first-order valence-corrected chi connectivity index (χ1v) is 10.5. The van der Waals surface area contributed by atoms with E-state index in [0.717, 1.165) is 10.6 Å². The summed E-state index contributed by atoms with van der Waals surface area (Å²) in [6.07, 6.45) is 0.482. The lowest BCUT2D eigenvalue weighted by Gasteiger charge is -2.05. The molecule has 2 N–H and O–H groups in total. The Morgan fingerprint density at radius 3 is 2.76 bits per heavy atom. The number of carbonyl (C=O) groups excluding carboxylic acids is 2. The number of carbonyl (C=O) groups is 2. The lowest BCUT2D eigenvalue weighted by Crippen LogP contribution is -2.40. The van der Waals surface area contributed by atoms with Crippen LogP contribution in [-0.2, 0) is 22.6 Å². The third-order valence-electron chi connectivity index (χ3n) is 4.11. The molecule has 0 saturated carbocycles. The van der Waals surface area contributed by atoms with Crippen molar-refractivity contribution in [2.24, 2.45) is 0 Å². The van der Waals surface area contributed by atoms with Gasteiger partial charge < -0.3 is 10.6 Å². The average Bonchev–Trinajstić information content (AvgIpc) is 3.44. The van der Waals surface area contributed by atoms with Crippen molar-refractivity contribution >= 4 is 39.4 Å². The van der Waals surface area contributed by atoms with Gasteiger partial charge in [0.2, 0.25) is 4.96 Å². The first-order valence-electron chi connectivity index (χ1n) is 8.77. The van der Waals surface area contributed by atoms with E-state index >= 15 is 0 Å². The fraction of sp³-hybridized carbons (Fsp3) is 0.158. The van der Waals surface area contributed by atoms with E-state index in [1.165, 1.54) is 34.8 Å². The standard InChI is InChI=1S/C19H16FN5O2S2/c20-13-4-1-3-12(9-13)16-23-19-25(24-16)14(11-29-19)6-7-21-17(26)18(27)22-10-15-5-2-8-28-15/h1-5,8-9,11H,6-7,10H2,(H,21,26)(H,22,27). The maximum atomic E-state index is 13.4. The maximum Gasteiger partial charge on any atom is 0.309 e. The van der Waals surface area contributed by atoms with Crippen molar-refractivity contribution in [3.05, 3.63) is 63.5 Å². The highest BCUT2D eigenvalue weighted by Gasteiger charge is 2.15. The molecule has 7 nitrogen and oxygen atoms in total. The third kappa shape index (κ3) is 4.49. The molecule has 148 valence electrons. The second-order valence-electron chi connectivity index (χ2n) is 6.14. The molecule has 0 unspecified atom stereocenters. The number of hydrogen-bond acceptors (Lipinski definition) is 6. The van der Waals surface area contributed by atoms with Crippen LogP contribution in [0.3, 0.4) is 0 Å². The Morgan fingerprint density at radius 2 is 1.97 bits per heavy atom. The summed E-state index contributed by atoms with van der Waals surface area (Å²) in [5.74, 6) is -1.24. The van der Waals surface area contributed by atoms with E-state index in [9.17, 15) is 14.0 Å². The van der Waals surface area contributed by atoms with E-state index in [0.29, 0.717) is 29.3 Å². The van der Waals surface area contributed by atoms with Crippen molar-refractivity contribution in [3.63, 3.8) is 0 Å². The molecule has 4 aromatic rings. The van der Waals surface area contributed by atoms with Crippen molar-refractivity contribution in [1.82, 2.24) is 25.2 Å². The normalized spacial score (nSPS) is 10.9. The van der Waals surface area contributed by atoms with Gasteiger partial charge in [-0.15, -0.1) is 27.8 Å². The molecule has 2 amide bonds. The number of rotatable bonds is 6. The highest BCUT2D eigenvalue weighted by molar-refractivity contribution is 7.15. The molecule has 1 aromatic carbocycles. The lowest BCUT2D eigenvalue weighted by atomic mass is 10.2. The molecule has 0 aliphatic carbocycles. The van der Waals surface area contributed by atoms with Gasteiger partial charge in [0.05, 0.1) is 12.2 Å². The monoisotopic (exact) mass is 429 g/mol. The number of halogens is 1. The number of amides is 2. The van der Waals surface area contributed by atoms with Crippen LogP contribution in [-0.4, -0.2) is 33.0 Å². The summed E-state index contributed by atoms with van der Waals surface area (Å²) in [5, 5.41) is 13.4. The van der Waals surface area contributed by atoms with Crippen molar-refractivity contribution in [3.8, 4) is 11.4 Å². The molecule has 10 heteroatoms. The molecule has 4 rings (SSSR count). The van der Waals surface area contributed by atoms with Crippen LogP contribution in [0.4, 0.5) is 4.39 Å². The second-order valence-corrected chi connectivity index (χ2v) is 8.00. The van der Waals surface area contributed by atoms with E-state index in [1.807, 2.05) is 22.9 Å².